The van der Waals surface area contributed by atoms with Crippen molar-refractivity contribution in [2.75, 3.05) is 0 Å². The van der Waals surface area contributed by atoms with E-state index in [0.717, 1.165) is 0 Å². The van der Waals surface area contributed by atoms with E-state index < -0.39 is 0 Å². The average molecular weight is 172 g/mol. The van der Waals surface area contributed by atoms with Gasteiger partial charge in [0, 0.05) is 23.9 Å². The van der Waals surface area contributed by atoms with Gasteiger partial charge in [-0.2, -0.15) is 4.57 Å². The highest BCUT2D eigenvalue weighted by molar-refractivity contribution is 5.78. The highest BCUT2D eigenvalue weighted by Crippen LogP contribution is 2.13. The van der Waals surface area contributed by atoms with Crippen molar-refractivity contribution in [2.24, 2.45) is 7.05 Å². The molecule has 2 rings (SSSR count). The minimum atomic E-state index is 1.29. The monoisotopic (exact) mass is 172 g/mol. The quantitative estimate of drug-likeness (QED) is 0.537. The number of aryl methyl sites for hydroxylation is 3. The molecule has 0 aliphatic heterocycles. The Kier molecular flexibility index (Phi) is 1.80. The third kappa shape index (κ3) is 1.21. The zero-order valence-corrected chi connectivity index (χ0v) is 8.33. The summed E-state index contributed by atoms with van der Waals surface area (Å²) in [5.74, 6) is 0. The van der Waals surface area contributed by atoms with Gasteiger partial charge in [-0.3, -0.25) is 0 Å². The molecule has 0 aliphatic rings. The number of rotatable bonds is 0. The van der Waals surface area contributed by atoms with Crippen molar-refractivity contribution in [1.29, 1.82) is 0 Å². The highest BCUT2D eigenvalue weighted by atomic mass is 14.9. The van der Waals surface area contributed by atoms with E-state index in [2.05, 4.69) is 55.8 Å². The fraction of sp³-hybridized carbons (Fsp3) is 0.250. The summed E-state index contributed by atoms with van der Waals surface area (Å²) in [4.78, 5) is 0. The molecule has 0 fully saturated rings. The Morgan fingerprint density at radius 2 is 1.77 bits per heavy atom. The number of hydrogen-bond acceptors (Lipinski definition) is 0. The number of pyridine rings is 1. The first kappa shape index (κ1) is 8.24. The van der Waals surface area contributed by atoms with Crippen LogP contribution in [0, 0.1) is 13.8 Å². The van der Waals surface area contributed by atoms with Crippen molar-refractivity contribution in [3.63, 3.8) is 0 Å². The predicted molar refractivity (Wildman–Crippen MR) is 54.6 cm³/mol. The molecule has 66 valence electrons. The summed E-state index contributed by atoms with van der Waals surface area (Å²) in [5, 5.41) is 1.31. The van der Waals surface area contributed by atoms with Gasteiger partial charge in [-0.15, -0.1) is 0 Å². The Balaban J connectivity index is 2.97. The summed E-state index contributed by atoms with van der Waals surface area (Å²) in [6.45, 7) is 4.29. The molecule has 0 atom stereocenters. The van der Waals surface area contributed by atoms with Gasteiger partial charge >= 0.3 is 0 Å². The fourth-order valence-electron chi connectivity index (χ4n) is 1.77. The molecule has 1 aromatic heterocycles. The SMILES string of the molecule is Cc1cccc2ccc(C)[n+](C)c12. The van der Waals surface area contributed by atoms with Crippen molar-refractivity contribution in [3.05, 3.63) is 41.6 Å². The van der Waals surface area contributed by atoms with E-state index in [9.17, 15) is 0 Å². The van der Waals surface area contributed by atoms with Crippen LogP contribution in [0.3, 0.4) is 0 Å². The van der Waals surface area contributed by atoms with E-state index >= 15 is 0 Å². The molecule has 0 unspecified atom stereocenters. The Bertz CT molecular complexity index is 458. The van der Waals surface area contributed by atoms with E-state index in [-0.39, 0.29) is 0 Å². The Morgan fingerprint density at radius 1 is 1.00 bits per heavy atom. The van der Waals surface area contributed by atoms with Crippen molar-refractivity contribution in [1.82, 2.24) is 0 Å². The third-order valence-electron chi connectivity index (χ3n) is 2.64. The molecular weight excluding hydrogens is 158 g/mol. The van der Waals surface area contributed by atoms with Crippen LogP contribution < -0.4 is 4.57 Å². The number of fused-ring (bicyclic) bond motifs is 1. The molecule has 1 heteroatoms. The standard InChI is InChI=1S/C12H14N/c1-9-5-4-6-11-8-7-10(2)13(3)12(9)11/h4-8H,1-3H3/q+1. The smallest absolute Gasteiger partial charge is 0.198 e. The van der Waals surface area contributed by atoms with Crippen LogP contribution in [0.15, 0.2) is 30.3 Å². The predicted octanol–water partition coefficient (Wildman–Crippen LogP) is 2.28. The lowest BCUT2D eigenvalue weighted by Crippen LogP contribution is -2.33. The molecule has 0 bridgehead atoms. The Morgan fingerprint density at radius 3 is 2.54 bits per heavy atom. The first-order chi connectivity index (χ1) is 6.20. The number of para-hydroxylation sites is 1. The highest BCUT2D eigenvalue weighted by Gasteiger charge is 2.09. The van der Waals surface area contributed by atoms with Gasteiger partial charge in [-0.1, -0.05) is 12.1 Å². The first-order valence-electron chi connectivity index (χ1n) is 4.55. The number of hydrogen-bond donors (Lipinski definition) is 0. The van der Waals surface area contributed by atoms with Crippen LogP contribution in [0.1, 0.15) is 11.3 Å². The van der Waals surface area contributed by atoms with Crippen LogP contribution in [0.25, 0.3) is 10.9 Å². The lowest BCUT2D eigenvalue weighted by Gasteiger charge is -2.01. The second-order valence-electron chi connectivity index (χ2n) is 3.55. The van der Waals surface area contributed by atoms with Gasteiger partial charge in [0.2, 0.25) is 5.52 Å². The van der Waals surface area contributed by atoms with Gasteiger partial charge in [-0.05, 0) is 19.1 Å². The minimum Gasteiger partial charge on any atom is -0.198 e. The molecule has 0 radical (unpaired) electrons. The van der Waals surface area contributed by atoms with Crippen LogP contribution in [-0.2, 0) is 7.05 Å². The summed E-state index contributed by atoms with van der Waals surface area (Å²) in [6, 6.07) is 10.7. The average Bonchev–Trinajstić information content (AvgIpc) is 2.12. The largest absolute Gasteiger partial charge is 0.215 e. The molecule has 0 aliphatic carbocycles. The molecule has 0 amide bonds. The topological polar surface area (TPSA) is 3.88 Å². The Labute approximate surface area is 78.6 Å². The summed E-state index contributed by atoms with van der Waals surface area (Å²) >= 11 is 0. The van der Waals surface area contributed by atoms with Gasteiger partial charge in [0.1, 0.15) is 7.05 Å². The molecular formula is C12H14N+. The molecule has 1 aromatic carbocycles. The van der Waals surface area contributed by atoms with E-state index in [0.29, 0.717) is 0 Å². The van der Waals surface area contributed by atoms with Crippen molar-refractivity contribution in [2.45, 2.75) is 13.8 Å². The minimum absolute atomic E-state index is 1.29. The van der Waals surface area contributed by atoms with Gasteiger partial charge in [0.25, 0.3) is 0 Å². The number of benzene rings is 1. The van der Waals surface area contributed by atoms with Crippen molar-refractivity contribution < 1.29 is 4.57 Å². The molecule has 0 saturated carbocycles. The maximum absolute atomic E-state index is 2.24. The van der Waals surface area contributed by atoms with Crippen LogP contribution in [-0.4, -0.2) is 0 Å². The van der Waals surface area contributed by atoms with E-state index in [1.807, 2.05) is 0 Å². The van der Waals surface area contributed by atoms with Crippen LogP contribution >= 0.6 is 0 Å². The van der Waals surface area contributed by atoms with E-state index in [1.54, 1.807) is 0 Å². The van der Waals surface area contributed by atoms with Crippen LogP contribution in [0.5, 0.6) is 0 Å². The third-order valence-corrected chi connectivity index (χ3v) is 2.64. The summed E-state index contributed by atoms with van der Waals surface area (Å²) in [5.41, 5.74) is 3.97. The summed E-state index contributed by atoms with van der Waals surface area (Å²) < 4.78 is 2.24. The van der Waals surface area contributed by atoms with E-state index in [1.165, 1.54) is 22.2 Å². The molecule has 13 heavy (non-hydrogen) atoms. The molecule has 1 nitrogen and oxygen atoms in total. The lowest BCUT2D eigenvalue weighted by molar-refractivity contribution is -0.651. The summed E-state index contributed by atoms with van der Waals surface area (Å²) in [7, 11) is 2.12. The molecule has 2 aromatic rings. The fourth-order valence-corrected chi connectivity index (χ4v) is 1.77. The lowest BCUT2D eigenvalue weighted by atomic mass is 10.1. The van der Waals surface area contributed by atoms with Gasteiger partial charge < -0.3 is 0 Å². The van der Waals surface area contributed by atoms with Crippen molar-refractivity contribution in [3.8, 4) is 0 Å². The van der Waals surface area contributed by atoms with Crippen molar-refractivity contribution >= 4 is 10.9 Å². The zero-order valence-electron chi connectivity index (χ0n) is 8.33. The summed E-state index contributed by atoms with van der Waals surface area (Å²) in [6.07, 6.45) is 0. The second kappa shape index (κ2) is 2.84. The molecule has 0 saturated heterocycles. The van der Waals surface area contributed by atoms with Gasteiger partial charge in [0.15, 0.2) is 5.69 Å². The van der Waals surface area contributed by atoms with Gasteiger partial charge in [-0.25, -0.2) is 0 Å². The normalized spacial score (nSPS) is 10.7. The number of nitrogens with zero attached hydrogens (tertiary/aromatic N) is 1. The van der Waals surface area contributed by atoms with Gasteiger partial charge in [0.05, 0.1) is 0 Å². The first-order valence-corrected chi connectivity index (χ1v) is 4.55. The molecule has 0 N–H and O–H groups in total. The zero-order chi connectivity index (χ0) is 9.42. The van der Waals surface area contributed by atoms with E-state index in [4.69, 9.17) is 0 Å². The molecule has 0 spiro atoms. The maximum Gasteiger partial charge on any atom is 0.215 e. The second-order valence-corrected chi connectivity index (χ2v) is 3.55. The van der Waals surface area contributed by atoms with Crippen LogP contribution in [0.4, 0.5) is 0 Å². The van der Waals surface area contributed by atoms with Crippen LogP contribution in [0.2, 0.25) is 0 Å². The molecule has 1 heterocycles. The maximum atomic E-state index is 2.24. The Hall–Kier alpha value is -1.37. The number of aromatic nitrogens is 1.